The van der Waals surface area contributed by atoms with E-state index in [9.17, 15) is 4.79 Å². The van der Waals surface area contributed by atoms with Crippen molar-refractivity contribution in [2.24, 2.45) is 0 Å². The van der Waals surface area contributed by atoms with Gasteiger partial charge in [-0.15, -0.1) is 0 Å². The van der Waals surface area contributed by atoms with Gasteiger partial charge in [-0.1, -0.05) is 0 Å². The molecule has 0 aromatic carbocycles. The summed E-state index contributed by atoms with van der Waals surface area (Å²) >= 11 is 0. The first-order valence-corrected chi connectivity index (χ1v) is 6.02. The van der Waals surface area contributed by atoms with Crippen molar-refractivity contribution in [3.63, 3.8) is 0 Å². The molecule has 1 atom stereocenters. The first-order chi connectivity index (χ1) is 7.68. The molecule has 0 saturated carbocycles. The number of alkyl carbamates (subject to hydrolysis) is 1. The summed E-state index contributed by atoms with van der Waals surface area (Å²) in [6.45, 7) is 11.5. The van der Waals surface area contributed by atoms with Crippen LogP contribution in [0.4, 0.5) is 4.79 Å². The molecule has 0 spiro atoms. The van der Waals surface area contributed by atoms with Crippen LogP contribution in [0.15, 0.2) is 0 Å². The maximum absolute atomic E-state index is 11.4. The molecule has 5 heteroatoms. The second kappa shape index (κ2) is 5.23. The number of carbonyl (C=O) groups is 1. The Kier molecular flexibility index (Phi) is 4.38. The Morgan fingerprint density at radius 2 is 2.18 bits per heavy atom. The zero-order valence-corrected chi connectivity index (χ0v) is 11.4. The average Bonchev–Trinajstić information content (AvgIpc) is 2.13. The van der Waals surface area contributed by atoms with Gasteiger partial charge >= 0.3 is 6.09 Å². The van der Waals surface area contributed by atoms with Gasteiger partial charge in [-0.05, 0) is 34.6 Å². The molecule has 0 aliphatic carbocycles. The van der Waals surface area contributed by atoms with Crippen molar-refractivity contribution in [3.05, 3.63) is 0 Å². The third kappa shape index (κ3) is 5.89. The number of ether oxygens (including phenoxy) is 2. The molecule has 0 bridgehead atoms. The predicted octanol–water partition coefficient (Wildman–Crippen LogP) is 1.28. The van der Waals surface area contributed by atoms with Crippen molar-refractivity contribution in [1.82, 2.24) is 10.6 Å². The Morgan fingerprint density at radius 3 is 2.65 bits per heavy atom. The van der Waals surface area contributed by atoms with Crippen LogP contribution in [0.5, 0.6) is 0 Å². The zero-order chi connectivity index (χ0) is 13.1. The van der Waals surface area contributed by atoms with Gasteiger partial charge in [0.25, 0.3) is 0 Å². The summed E-state index contributed by atoms with van der Waals surface area (Å²) in [7, 11) is 0. The Bertz CT molecular complexity index is 261. The van der Waals surface area contributed by atoms with Gasteiger partial charge in [0.1, 0.15) is 5.60 Å². The lowest BCUT2D eigenvalue weighted by Gasteiger charge is -2.35. The zero-order valence-electron chi connectivity index (χ0n) is 11.4. The maximum Gasteiger partial charge on any atom is 0.407 e. The summed E-state index contributed by atoms with van der Waals surface area (Å²) in [6.07, 6.45) is -0.385. The summed E-state index contributed by atoms with van der Waals surface area (Å²) < 4.78 is 10.8. The third-order valence-electron chi connectivity index (χ3n) is 2.38. The second-order valence-electron chi connectivity index (χ2n) is 6.03. The summed E-state index contributed by atoms with van der Waals surface area (Å²) in [6, 6.07) is 0.149. The fraction of sp³-hybridized carbons (Fsp3) is 0.917. The molecule has 0 unspecified atom stereocenters. The first-order valence-electron chi connectivity index (χ1n) is 6.02. The minimum atomic E-state index is -0.456. The van der Waals surface area contributed by atoms with Gasteiger partial charge in [-0.25, -0.2) is 4.79 Å². The summed E-state index contributed by atoms with van der Waals surface area (Å²) in [4.78, 5) is 11.4. The van der Waals surface area contributed by atoms with Gasteiger partial charge in [0, 0.05) is 19.1 Å². The number of hydrogen-bond acceptors (Lipinski definition) is 4. The highest BCUT2D eigenvalue weighted by molar-refractivity contribution is 5.67. The van der Waals surface area contributed by atoms with Crippen LogP contribution in [0.2, 0.25) is 0 Å². The minimum absolute atomic E-state index is 0.123. The second-order valence-corrected chi connectivity index (χ2v) is 6.03. The highest BCUT2D eigenvalue weighted by Gasteiger charge is 2.27. The smallest absolute Gasteiger partial charge is 0.407 e. The quantitative estimate of drug-likeness (QED) is 0.768. The van der Waals surface area contributed by atoms with Gasteiger partial charge in [-0.3, -0.25) is 0 Å². The standard InChI is InChI=1S/C12H24N2O3/c1-11(2,3)17-10(15)13-6-9-7-16-12(4,5)8-14-9/h9,14H,6-8H2,1-5H3,(H,13,15)/t9-/m0/s1. The number of rotatable bonds is 2. The number of hydrogen-bond donors (Lipinski definition) is 2. The molecule has 2 N–H and O–H groups in total. The first kappa shape index (κ1) is 14.3. The Labute approximate surface area is 103 Å². The predicted molar refractivity (Wildman–Crippen MR) is 66.1 cm³/mol. The van der Waals surface area contributed by atoms with Crippen LogP contribution in [0.25, 0.3) is 0 Å². The van der Waals surface area contributed by atoms with Crippen LogP contribution in [-0.2, 0) is 9.47 Å². The summed E-state index contributed by atoms with van der Waals surface area (Å²) in [5.41, 5.74) is -0.578. The number of nitrogens with one attached hydrogen (secondary N) is 2. The van der Waals surface area contributed by atoms with E-state index in [1.54, 1.807) is 0 Å². The van der Waals surface area contributed by atoms with Crippen molar-refractivity contribution >= 4 is 6.09 Å². The average molecular weight is 244 g/mol. The molecule has 1 fully saturated rings. The molecular weight excluding hydrogens is 220 g/mol. The van der Waals surface area contributed by atoms with E-state index in [-0.39, 0.29) is 17.7 Å². The Balaban J connectivity index is 2.22. The number of carbonyl (C=O) groups excluding carboxylic acids is 1. The molecule has 0 radical (unpaired) electrons. The van der Waals surface area contributed by atoms with Crippen LogP contribution < -0.4 is 10.6 Å². The number of amides is 1. The van der Waals surface area contributed by atoms with E-state index in [0.717, 1.165) is 6.54 Å². The van der Waals surface area contributed by atoms with Crippen LogP contribution in [0.1, 0.15) is 34.6 Å². The molecule has 0 aromatic rings. The van der Waals surface area contributed by atoms with Gasteiger partial charge in [0.15, 0.2) is 0 Å². The van der Waals surface area contributed by atoms with E-state index in [4.69, 9.17) is 9.47 Å². The molecule has 0 aromatic heterocycles. The van der Waals surface area contributed by atoms with Crippen LogP contribution >= 0.6 is 0 Å². The van der Waals surface area contributed by atoms with Crippen molar-refractivity contribution < 1.29 is 14.3 Å². The lowest BCUT2D eigenvalue weighted by atomic mass is 10.1. The van der Waals surface area contributed by atoms with Crippen molar-refractivity contribution in [3.8, 4) is 0 Å². The van der Waals surface area contributed by atoms with E-state index in [1.807, 2.05) is 34.6 Å². The van der Waals surface area contributed by atoms with E-state index < -0.39 is 5.60 Å². The fourth-order valence-electron chi connectivity index (χ4n) is 1.48. The molecule has 1 heterocycles. The highest BCUT2D eigenvalue weighted by Crippen LogP contribution is 2.12. The van der Waals surface area contributed by atoms with Gasteiger partial charge in [-0.2, -0.15) is 0 Å². The normalized spacial score (nSPS) is 24.2. The lowest BCUT2D eigenvalue weighted by Crippen LogP contribution is -2.55. The SMILES string of the molecule is CC(C)(C)OC(=O)NC[C@H]1COC(C)(C)CN1. The van der Waals surface area contributed by atoms with Gasteiger partial charge in [0.2, 0.25) is 0 Å². The van der Waals surface area contributed by atoms with Crippen LogP contribution in [-0.4, -0.2) is 43.0 Å². The molecule has 100 valence electrons. The van der Waals surface area contributed by atoms with E-state index >= 15 is 0 Å². The Morgan fingerprint density at radius 1 is 1.53 bits per heavy atom. The molecule has 1 saturated heterocycles. The fourth-order valence-corrected chi connectivity index (χ4v) is 1.48. The van der Waals surface area contributed by atoms with Crippen molar-refractivity contribution in [1.29, 1.82) is 0 Å². The molecule has 1 aliphatic heterocycles. The molecule has 5 nitrogen and oxygen atoms in total. The van der Waals surface area contributed by atoms with Crippen LogP contribution in [0, 0.1) is 0 Å². The molecule has 17 heavy (non-hydrogen) atoms. The largest absolute Gasteiger partial charge is 0.444 e. The summed E-state index contributed by atoms with van der Waals surface area (Å²) in [5, 5.41) is 6.06. The summed E-state index contributed by atoms with van der Waals surface area (Å²) in [5.74, 6) is 0. The molecule has 1 amide bonds. The maximum atomic E-state index is 11.4. The van der Waals surface area contributed by atoms with E-state index in [1.165, 1.54) is 0 Å². The van der Waals surface area contributed by atoms with Crippen LogP contribution in [0.3, 0.4) is 0 Å². The minimum Gasteiger partial charge on any atom is -0.444 e. The highest BCUT2D eigenvalue weighted by atomic mass is 16.6. The third-order valence-corrected chi connectivity index (χ3v) is 2.38. The molecule has 1 aliphatic rings. The van der Waals surface area contributed by atoms with E-state index in [0.29, 0.717) is 13.2 Å². The van der Waals surface area contributed by atoms with Crippen molar-refractivity contribution in [2.45, 2.75) is 51.9 Å². The molecular formula is C12H24N2O3. The van der Waals surface area contributed by atoms with E-state index in [2.05, 4.69) is 10.6 Å². The molecule has 1 rings (SSSR count). The monoisotopic (exact) mass is 244 g/mol. The van der Waals surface area contributed by atoms with Gasteiger partial charge < -0.3 is 20.1 Å². The topological polar surface area (TPSA) is 59.6 Å². The Hall–Kier alpha value is -0.810. The number of morpholine rings is 1. The van der Waals surface area contributed by atoms with Gasteiger partial charge in [0.05, 0.1) is 12.2 Å². The van der Waals surface area contributed by atoms with Crippen molar-refractivity contribution in [2.75, 3.05) is 19.7 Å². The lowest BCUT2D eigenvalue weighted by molar-refractivity contribution is -0.0575.